The maximum atomic E-state index is 11.7. The monoisotopic (exact) mass is 250 g/mol. The SMILES string of the molecule is CCC(C)C(C)NS(=O)(=O)CCCCNC. The summed E-state index contributed by atoms with van der Waals surface area (Å²) >= 11 is 0. The van der Waals surface area contributed by atoms with Crippen molar-refractivity contribution in [2.24, 2.45) is 5.92 Å². The van der Waals surface area contributed by atoms with Crippen molar-refractivity contribution in [3.63, 3.8) is 0 Å². The van der Waals surface area contributed by atoms with Gasteiger partial charge in [-0.3, -0.25) is 0 Å². The summed E-state index contributed by atoms with van der Waals surface area (Å²) in [6, 6.07) is 0.0271. The van der Waals surface area contributed by atoms with Crippen LogP contribution in [-0.2, 0) is 10.0 Å². The average molecular weight is 250 g/mol. The highest BCUT2D eigenvalue weighted by Gasteiger charge is 2.17. The molecule has 0 saturated carbocycles. The van der Waals surface area contributed by atoms with Crippen LogP contribution >= 0.6 is 0 Å². The second kappa shape index (κ2) is 8.03. The van der Waals surface area contributed by atoms with Gasteiger partial charge in [0.2, 0.25) is 10.0 Å². The van der Waals surface area contributed by atoms with Crippen LogP contribution in [0, 0.1) is 5.92 Å². The number of unbranched alkanes of at least 4 members (excludes halogenated alkanes) is 1. The standard InChI is InChI=1S/C11H26N2O2S/c1-5-10(2)11(3)13-16(14,15)9-7-6-8-12-4/h10-13H,5-9H2,1-4H3. The van der Waals surface area contributed by atoms with Crippen LogP contribution in [0.2, 0.25) is 0 Å². The van der Waals surface area contributed by atoms with Gasteiger partial charge < -0.3 is 5.32 Å². The Morgan fingerprint density at radius 2 is 1.81 bits per heavy atom. The zero-order chi connectivity index (χ0) is 12.6. The minimum absolute atomic E-state index is 0.0271. The maximum absolute atomic E-state index is 11.7. The second-order valence-electron chi connectivity index (χ2n) is 4.42. The van der Waals surface area contributed by atoms with Crippen LogP contribution in [-0.4, -0.2) is 33.8 Å². The van der Waals surface area contributed by atoms with E-state index >= 15 is 0 Å². The molecule has 0 amide bonds. The van der Waals surface area contributed by atoms with Crippen molar-refractivity contribution in [1.29, 1.82) is 0 Å². The number of hydrogen-bond acceptors (Lipinski definition) is 3. The first-order valence-corrected chi connectivity index (χ1v) is 7.72. The van der Waals surface area contributed by atoms with Crippen LogP contribution < -0.4 is 10.0 Å². The molecule has 0 aliphatic rings. The molecule has 16 heavy (non-hydrogen) atoms. The van der Waals surface area contributed by atoms with Gasteiger partial charge in [-0.2, -0.15) is 0 Å². The molecule has 0 rings (SSSR count). The van der Waals surface area contributed by atoms with E-state index in [1.54, 1.807) is 0 Å². The third-order valence-electron chi connectivity index (χ3n) is 2.95. The Kier molecular flexibility index (Phi) is 7.97. The Balaban J connectivity index is 3.95. The number of hydrogen-bond donors (Lipinski definition) is 2. The lowest BCUT2D eigenvalue weighted by Gasteiger charge is -2.19. The first-order chi connectivity index (χ1) is 7.43. The molecular formula is C11H26N2O2S. The van der Waals surface area contributed by atoms with E-state index in [0.717, 1.165) is 19.4 Å². The van der Waals surface area contributed by atoms with Gasteiger partial charge in [-0.15, -0.1) is 0 Å². The molecule has 2 atom stereocenters. The van der Waals surface area contributed by atoms with Crippen molar-refractivity contribution >= 4 is 10.0 Å². The molecule has 0 fully saturated rings. The summed E-state index contributed by atoms with van der Waals surface area (Å²) in [5.74, 6) is 0.613. The van der Waals surface area contributed by atoms with E-state index in [1.165, 1.54) is 0 Å². The van der Waals surface area contributed by atoms with Gasteiger partial charge in [-0.1, -0.05) is 20.3 Å². The fourth-order valence-electron chi connectivity index (χ4n) is 1.41. The van der Waals surface area contributed by atoms with Gasteiger partial charge in [0.25, 0.3) is 0 Å². The van der Waals surface area contributed by atoms with Gasteiger partial charge >= 0.3 is 0 Å². The summed E-state index contributed by atoms with van der Waals surface area (Å²) in [6.45, 7) is 6.94. The van der Waals surface area contributed by atoms with E-state index < -0.39 is 10.0 Å². The Morgan fingerprint density at radius 3 is 2.31 bits per heavy atom. The Labute approximate surface area is 100 Å². The largest absolute Gasteiger partial charge is 0.320 e. The van der Waals surface area contributed by atoms with Crippen LogP contribution in [0.5, 0.6) is 0 Å². The molecule has 98 valence electrons. The molecule has 0 spiro atoms. The minimum Gasteiger partial charge on any atom is -0.320 e. The predicted molar refractivity (Wildman–Crippen MR) is 69.0 cm³/mol. The van der Waals surface area contributed by atoms with Crippen molar-refractivity contribution in [3.8, 4) is 0 Å². The van der Waals surface area contributed by atoms with Crippen molar-refractivity contribution in [3.05, 3.63) is 0 Å². The molecule has 0 aliphatic carbocycles. The van der Waals surface area contributed by atoms with E-state index in [1.807, 2.05) is 14.0 Å². The minimum atomic E-state index is -3.09. The van der Waals surface area contributed by atoms with Crippen molar-refractivity contribution in [2.45, 2.75) is 46.1 Å². The summed E-state index contributed by atoms with van der Waals surface area (Å²) in [5.41, 5.74) is 0. The zero-order valence-electron chi connectivity index (χ0n) is 10.9. The highest BCUT2D eigenvalue weighted by molar-refractivity contribution is 7.89. The van der Waals surface area contributed by atoms with E-state index in [-0.39, 0.29) is 11.8 Å². The van der Waals surface area contributed by atoms with Gasteiger partial charge in [0.1, 0.15) is 0 Å². The highest BCUT2D eigenvalue weighted by atomic mass is 32.2. The molecule has 0 aromatic heterocycles. The predicted octanol–water partition coefficient (Wildman–Crippen LogP) is 1.34. The number of sulfonamides is 1. The lowest BCUT2D eigenvalue weighted by molar-refractivity contribution is 0.433. The van der Waals surface area contributed by atoms with Crippen LogP contribution in [0.1, 0.15) is 40.0 Å². The third-order valence-corrected chi connectivity index (χ3v) is 4.51. The van der Waals surface area contributed by atoms with Crippen LogP contribution in [0.3, 0.4) is 0 Å². The molecule has 0 aliphatic heterocycles. The first kappa shape index (κ1) is 15.9. The molecule has 2 N–H and O–H groups in total. The highest BCUT2D eigenvalue weighted by Crippen LogP contribution is 2.08. The lowest BCUT2D eigenvalue weighted by atomic mass is 10.0. The number of nitrogens with one attached hydrogen (secondary N) is 2. The summed E-state index contributed by atoms with van der Waals surface area (Å²) < 4.78 is 26.1. The van der Waals surface area contributed by atoms with E-state index in [2.05, 4.69) is 23.9 Å². The van der Waals surface area contributed by atoms with E-state index in [9.17, 15) is 8.42 Å². The molecule has 0 bridgehead atoms. The lowest BCUT2D eigenvalue weighted by Crippen LogP contribution is -2.38. The van der Waals surface area contributed by atoms with Crippen molar-refractivity contribution in [2.75, 3.05) is 19.3 Å². The van der Waals surface area contributed by atoms with E-state index in [4.69, 9.17) is 0 Å². The fraction of sp³-hybridized carbons (Fsp3) is 1.00. The quantitative estimate of drug-likeness (QED) is 0.607. The van der Waals surface area contributed by atoms with Gasteiger partial charge in [0.15, 0.2) is 0 Å². The third kappa shape index (κ3) is 7.19. The zero-order valence-corrected chi connectivity index (χ0v) is 11.7. The Hall–Kier alpha value is -0.130. The molecular weight excluding hydrogens is 224 g/mol. The smallest absolute Gasteiger partial charge is 0.211 e. The summed E-state index contributed by atoms with van der Waals surface area (Å²) in [6.07, 6.45) is 2.60. The van der Waals surface area contributed by atoms with Crippen LogP contribution in [0.15, 0.2) is 0 Å². The molecule has 0 aromatic carbocycles. The number of rotatable bonds is 9. The van der Waals surface area contributed by atoms with Gasteiger partial charge in [-0.05, 0) is 39.3 Å². The van der Waals surface area contributed by atoms with Gasteiger partial charge in [0.05, 0.1) is 5.75 Å². The molecule has 0 radical (unpaired) electrons. The van der Waals surface area contributed by atoms with E-state index in [0.29, 0.717) is 12.3 Å². The second-order valence-corrected chi connectivity index (χ2v) is 6.30. The Morgan fingerprint density at radius 1 is 1.19 bits per heavy atom. The molecule has 0 saturated heterocycles. The van der Waals surface area contributed by atoms with Crippen molar-refractivity contribution in [1.82, 2.24) is 10.0 Å². The summed E-state index contributed by atoms with van der Waals surface area (Å²) in [5, 5.41) is 3.01. The topological polar surface area (TPSA) is 58.2 Å². The Bertz CT molecular complexity index is 265. The molecule has 0 aromatic rings. The average Bonchev–Trinajstić information content (AvgIpc) is 2.22. The first-order valence-electron chi connectivity index (χ1n) is 6.07. The molecule has 0 heterocycles. The fourth-order valence-corrected chi connectivity index (χ4v) is 2.91. The molecule has 2 unspecified atom stereocenters. The van der Waals surface area contributed by atoms with Gasteiger partial charge in [-0.25, -0.2) is 13.1 Å². The maximum Gasteiger partial charge on any atom is 0.211 e. The van der Waals surface area contributed by atoms with Gasteiger partial charge in [0, 0.05) is 6.04 Å². The molecule has 5 heteroatoms. The van der Waals surface area contributed by atoms with Crippen molar-refractivity contribution < 1.29 is 8.42 Å². The normalized spacial score (nSPS) is 16.0. The molecule has 4 nitrogen and oxygen atoms in total. The van der Waals surface area contributed by atoms with Crippen LogP contribution in [0.25, 0.3) is 0 Å². The summed E-state index contributed by atoms with van der Waals surface area (Å²) in [7, 11) is -1.22. The summed E-state index contributed by atoms with van der Waals surface area (Å²) in [4.78, 5) is 0. The van der Waals surface area contributed by atoms with Crippen LogP contribution in [0.4, 0.5) is 0 Å².